The zero-order valence-electron chi connectivity index (χ0n) is 16.9. The maximum atomic E-state index is 14.1. The molecular weight excluding hydrogens is 424 g/mol. The second-order valence-electron chi connectivity index (χ2n) is 7.82. The van der Waals surface area contributed by atoms with E-state index in [9.17, 15) is 9.18 Å². The van der Waals surface area contributed by atoms with Crippen molar-refractivity contribution in [2.75, 3.05) is 49.6 Å². The molecule has 30 heavy (non-hydrogen) atoms. The Bertz CT molecular complexity index is 986. The van der Waals surface area contributed by atoms with Crippen LogP contribution in [0.15, 0.2) is 42.0 Å². The van der Waals surface area contributed by atoms with Crippen LogP contribution in [0.3, 0.4) is 0 Å². The second-order valence-corrected chi connectivity index (χ2v) is 8.64. The molecule has 0 atom stereocenters. The number of rotatable bonds is 3. The van der Waals surface area contributed by atoms with E-state index in [1.807, 2.05) is 12.1 Å². The predicted molar refractivity (Wildman–Crippen MR) is 122 cm³/mol. The van der Waals surface area contributed by atoms with E-state index in [-0.39, 0.29) is 11.7 Å². The Morgan fingerprint density at radius 3 is 2.47 bits per heavy atom. The van der Waals surface area contributed by atoms with Crippen LogP contribution in [0.4, 0.5) is 15.8 Å². The van der Waals surface area contributed by atoms with Gasteiger partial charge < -0.3 is 14.7 Å². The molecular formula is C23H24Cl2FN3O. The van der Waals surface area contributed by atoms with E-state index in [1.165, 1.54) is 12.1 Å². The molecule has 2 saturated heterocycles. The molecule has 2 aromatic carbocycles. The summed E-state index contributed by atoms with van der Waals surface area (Å²) in [5.41, 5.74) is 3.11. The number of likely N-dealkylation sites (N-methyl/N-ethyl adjacent to an activating group) is 1. The molecule has 2 aliphatic heterocycles. The number of benzene rings is 2. The normalized spacial score (nSPS) is 19.6. The quantitative estimate of drug-likeness (QED) is 0.612. The molecule has 4 nitrogen and oxygen atoms in total. The Labute approximate surface area is 186 Å². The monoisotopic (exact) mass is 447 g/mol. The Kier molecular flexibility index (Phi) is 6.32. The SMILES string of the molecule is CN1CCN(c2ccc(F)cc2C=C2CCCN(c3ccc(Cl)c(Cl)c3)C2=O)CC1. The fourth-order valence-electron chi connectivity index (χ4n) is 4.01. The molecule has 4 rings (SSSR count). The second kappa shape index (κ2) is 8.96. The van der Waals surface area contributed by atoms with Gasteiger partial charge in [0.1, 0.15) is 5.82 Å². The van der Waals surface area contributed by atoms with E-state index in [0.717, 1.165) is 49.5 Å². The van der Waals surface area contributed by atoms with Crippen LogP contribution in [-0.4, -0.2) is 50.6 Å². The summed E-state index contributed by atoms with van der Waals surface area (Å²) in [7, 11) is 2.10. The summed E-state index contributed by atoms with van der Waals surface area (Å²) in [5.74, 6) is -0.377. The number of hydrogen-bond donors (Lipinski definition) is 0. The maximum absolute atomic E-state index is 14.1. The summed E-state index contributed by atoms with van der Waals surface area (Å²) < 4.78 is 14.1. The molecule has 0 aliphatic carbocycles. The Hall–Kier alpha value is -2.08. The third-order valence-corrected chi connectivity index (χ3v) is 6.46. The Morgan fingerprint density at radius 2 is 1.73 bits per heavy atom. The van der Waals surface area contributed by atoms with Crippen molar-refractivity contribution in [2.45, 2.75) is 12.8 Å². The van der Waals surface area contributed by atoms with Gasteiger partial charge in [-0.25, -0.2) is 4.39 Å². The Morgan fingerprint density at radius 1 is 0.967 bits per heavy atom. The maximum Gasteiger partial charge on any atom is 0.254 e. The molecule has 2 aliphatic rings. The van der Waals surface area contributed by atoms with Crippen molar-refractivity contribution >= 4 is 46.6 Å². The topological polar surface area (TPSA) is 26.8 Å². The summed E-state index contributed by atoms with van der Waals surface area (Å²) in [6.45, 7) is 4.28. The van der Waals surface area contributed by atoms with Crippen molar-refractivity contribution < 1.29 is 9.18 Å². The molecule has 2 heterocycles. The number of anilines is 2. The number of amides is 1. The van der Waals surface area contributed by atoms with Gasteiger partial charge in [0, 0.05) is 55.2 Å². The van der Waals surface area contributed by atoms with Gasteiger partial charge in [-0.3, -0.25) is 4.79 Å². The molecule has 0 bridgehead atoms. The van der Waals surface area contributed by atoms with Gasteiger partial charge in [0.05, 0.1) is 10.0 Å². The van der Waals surface area contributed by atoms with Crippen LogP contribution in [-0.2, 0) is 4.79 Å². The summed E-state index contributed by atoms with van der Waals surface area (Å²) in [6.07, 6.45) is 3.34. The van der Waals surface area contributed by atoms with Gasteiger partial charge >= 0.3 is 0 Å². The molecule has 0 unspecified atom stereocenters. The lowest BCUT2D eigenvalue weighted by atomic mass is 9.99. The number of carbonyl (C=O) groups is 1. The molecule has 0 spiro atoms. The standard InChI is InChI=1S/C23H24Cl2FN3O/c1-27-9-11-28(12-10-27)22-7-4-18(26)14-17(22)13-16-3-2-8-29(23(16)30)19-5-6-20(24)21(25)15-19/h4-7,13-15H,2-3,8-12H2,1H3. The first-order chi connectivity index (χ1) is 14.4. The van der Waals surface area contributed by atoms with Crippen LogP contribution in [0.1, 0.15) is 18.4 Å². The van der Waals surface area contributed by atoms with E-state index in [4.69, 9.17) is 23.2 Å². The lowest BCUT2D eigenvalue weighted by Crippen LogP contribution is -2.44. The fraction of sp³-hybridized carbons (Fsp3) is 0.348. The van der Waals surface area contributed by atoms with Crippen molar-refractivity contribution in [1.82, 2.24) is 4.90 Å². The first kappa shape index (κ1) is 21.2. The number of nitrogens with zero attached hydrogens (tertiary/aromatic N) is 3. The lowest BCUT2D eigenvalue weighted by molar-refractivity contribution is -0.115. The number of piperazine rings is 1. The van der Waals surface area contributed by atoms with Crippen molar-refractivity contribution in [2.24, 2.45) is 0 Å². The Balaban J connectivity index is 1.64. The highest BCUT2D eigenvalue weighted by molar-refractivity contribution is 6.42. The minimum Gasteiger partial charge on any atom is -0.368 e. The van der Waals surface area contributed by atoms with E-state index in [1.54, 1.807) is 23.1 Å². The van der Waals surface area contributed by atoms with Crippen molar-refractivity contribution in [3.8, 4) is 0 Å². The van der Waals surface area contributed by atoms with Gasteiger partial charge in [0.15, 0.2) is 0 Å². The van der Waals surface area contributed by atoms with Gasteiger partial charge in [0.2, 0.25) is 0 Å². The molecule has 158 valence electrons. The largest absolute Gasteiger partial charge is 0.368 e. The van der Waals surface area contributed by atoms with E-state index in [0.29, 0.717) is 28.6 Å². The third-order valence-electron chi connectivity index (χ3n) is 5.73. The molecule has 1 amide bonds. The number of hydrogen-bond acceptors (Lipinski definition) is 3. The van der Waals surface area contributed by atoms with Gasteiger partial charge in [-0.15, -0.1) is 0 Å². The van der Waals surface area contributed by atoms with Gasteiger partial charge in [-0.1, -0.05) is 23.2 Å². The van der Waals surface area contributed by atoms with Gasteiger partial charge in [-0.2, -0.15) is 0 Å². The lowest BCUT2D eigenvalue weighted by Gasteiger charge is -2.35. The zero-order chi connectivity index (χ0) is 21.3. The van der Waals surface area contributed by atoms with E-state index >= 15 is 0 Å². The van der Waals surface area contributed by atoms with Crippen molar-refractivity contribution in [3.63, 3.8) is 0 Å². The molecule has 0 N–H and O–H groups in total. The highest BCUT2D eigenvalue weighted by atomic mass is 35.5. The summed E-state index contributed by atoms with van der Waals surface area (Å²) in [6, 6.07) is 10.0. The van der Waals surface area contributed by atoms with Crippen LogP contribution in [0.5, 0.6) is 0 Å². The van der Waals surface area contributed by atoms with Gasteiger partial charge in [-0.05, 0) is 62.4 Å². The van der Waals surface area contributed by atoms with Crippen LogP contribution in [0.25, 0.3) is 6.08 Å². The smallest absolute Gasteiger partial charge is 0.254 e. The average Bonchev–Trinajstić information content (AvgIpc) is 2.73. The summed E-state index contributed by atoms with van der Waals surface area (Å²) in [4.78, 5) is 19.5. The summed E-state index contributed by atoms with van der Waals surface area (Å²) >= 11 is 12.2. The molecule has 0 radical (unpaired) electrons. The molecule has 2 aromatic rings. The first-order valence-electron chi connectivity index (χ1n) is 10.1. The van der Waals surface area contributed by atoms with Crippen LogP contribution in [0.2, 0.25) is 10.0 Å². The van der Waals surface area contributed by atoms with Crippen molar-refractivity contribution in [3.05, 3.63) is 63.4 Å². The minimum absolute atomic E-state index is 0.0757. The van der Waals surface area contributed by atoms with Crippen LogP contribution in [0, 0.1) is 5.82 Å². The first-order valence-corrected chi connectivity index (χ1v) is 10.9. The fourth-order valence-corrected chi connectivity index (χ4v) is 4.30. The molecule has 2 fully saturated rings. The van der Waals surface area contributed by atoms with Gasteiger partial charge in [0.25, 0.3) is 5.91 Å². The molecule has 0 saturated carbocycles. The number of piperidine rings is 1. The number of carbonyl (C=O) groups excluding carboxylic acids is 1. The zero-order valence-corrected chi connectivity index (χ0v) is 18.4. The third kappa shape index (κ3) is 4.48. The summed E-state index contributed by atoms with van der Waals surface area (Å²) in [5, 5.41) is 0.873. The van der Waals surface area contributed by atoms with Crippen LogP contribution >= 0.6 is 23.2 Å². The number of halogens is 3. The highest BCUT2D eigenvalue weighted by Crippen LogP contribution is 2.32. The molecule has 7 heteroatoms. The average molecular weight is 448 g/mol. The predicted octanol–water partition coefficient (Wildman–Crippen LogP) is 5.09. The minimum atomic E-state index is -0.302. The molecule has 0 aromatic heterocycles. The van der Waals surface area contributed by atoms with E-state index < -0.39 is 0 Å². The highest BCUT2D eigenvalue weighted by Gasteiger charge is 2.26. The van der Waals surface area contributed by atoms with Crippen LogP contribution < -0.4 is 9.80 Å². The van der Waals surface area contributed by atoms with E-state index in [2.05, 4.69) is 16.8 Å². The van der Waals surface area contributed by atoms with Crippen molar-refractivity contribution in [1.29, 1.82) is 0 Å².